The molecule has 0 fully saturated rings. The molecule has 7 heteroatoms. The monoisotopic (exact) mass is 352 g/mol. The molecule has 1 aromatic heterocycles. The second-order valence-corrected chi connectivity index (χ2v) is 4.90. The predicted octanol–water partition coefficient (Wildman–Crippen LogP) is 3.36. The van der Waals surface area contributed by atoms with Crippen molar-refractivity contribution in [1.82, 2.24) is 9.97 Å². The van der Waals surface area contributed by atoms with Gasteiger partial charge in [0.15, 0.2) is 0 Å². The minimum atomic E-state index is 0.373. The second kappa shape index (κ2) is 7.12. The zero-order chi connectivity index (χ0) is 15.2. The summed E-state index contributed by atoms with van der Waals surface area (Å²) in [6.07, 6.45) is 0. The van der Waals surface area contributed by atoms with Gasteiger partial charge in [-0.25, -0.2) is 4.98 Å². The third-order valence-electron chi connectivity index (χ3n) is 2.52. The first-order chi connectivity index (χ1) is 10.1. The highest BCUT2D eigenvalue weighted by Gasteiger charge is 2.09. The fourth-order valence-corrected chi connectivity index (χ4v) is 2.16. The van der Waals surface area contributed by atoms with Crippen LogP contribution in [0.1, 0.15) is 13.8 Å². The lowest BCUT2D eigenvalue weighted by molar-refractivity contribution is 0.332. The third-order valence-corrected chi connectivity index (χ3v) is 2.93. The van der Waals surface area contributed by atoms with Gasteiger partial charge >= 0.3 is 0 Å². The molecule has 0 saturated heterocycles. The van der Waals surface area contributed by atoms with E-state index in [9.17, 15) is 0 Å². The summed E-state index contributed by atoms with van der Waals surface area (Å²) < 4.78 is 11.7. The van der Waals surface area contributed by atoms with Gasteiger partial charge in [-0.1, -0.05) is 0 Å². The van der Waals surface area contributed by atoms with E-state index >= 15 is 0 Å². The van der Waals surface area contributed by atoms with Gasteiger partial charge in [-0.3, -0.25) is 0 Å². The highest BCUT2D eigenvalue weighted by atomic mass is 79.9. The van der Waals surface area contributed by atoms with Gasteiger partial charge in [-0.05, 0) is 41.9 Å². The molecule has 2 rings (SSSR count). The van der Waals surface area contributed by atoms with Crippen LogP contribution in [0, 0.1) is 0 Å². The molecular formula is C14H17BrN4O2. The van der Waals surface area contributed by atoms with E-state index in [1.54, 1.807) is 6.07 Å². The molecule has 2 aromatic rings. The van der Waals surface area contributed by atoms with Crippen molar-refractivity contribution in [3.8, 4) is 11.5 Å². The van der Waals surface area contributed by atoms with Crippen LogP contribution in [0.25, 0.3) is 0 Å². The Hall–Kier alpha value is -2.02. The fourth-order valence-electron chi connectivity index (χ4n) is 1.76. The SMILES string of the molecule is CCOc1ccc(OCC)c(Nc2nc(N)cc(Br)n2)c1. The smallest absolute Gasteiger partial charge is 0.230 e. The summed E-state index contributed by atoms with van der Waals surface area (Å²) in [4.78, 5) is 8.36. The van der Waals surface area contributed by atoms with E-state index in [4.69, 9.17) is 15.2 Å². The van der Waals surface area contributed by atoms with Gasteiger partial charge in [0.2, 0.25) is 5.95 Å². The summed E-state index contributed by atoms with van der Waals surface area (Å²) in [7, 11) is 0. The zero-order valence-corrected chi connectivity index (χ0v) is 13.5. The van der Waals surface area contributed by atoms with Crippen molar-refractivity contribution >= 4 is 33.4 Å². The number of nitrogens with one attached hydrogen (secondary N) is 1. The van der Waals surface area contributed by atoms with Gasteiger partial charge in [0.1, 0.15) is 21.9 Å². The molecule has 0 aliphatic rings. The average molecular weight is 353 g/mol. The van der Waals surface area contributed by atoms with E-state index < -0.39 is 0 Å². The quantitative estimate of drug-likeness (QED) is 0.775. The van der Waals surface area contributed by atoms with Gasteiger partial charge in [0, 0.05) is 12.1 Å². The molecule has 0 radical (unpaired) electrons. The topological polar surface area (TPSA) is 82.3 Å². The van der Waals surface area contributed by atoms with Gasteiger partial charge in [-0.15, -0.1) is 0 Å². The van der Waals surface area contributed by atoms with Crippen molar-refractivity contribution < 1.29 is 9.47 Å². The summed E-state index contributed by atoms with van der Waals surface area (Å²) in [6.45, 7) is 5.01. The zero-order valence-electron chi connectivity index (χ0n) is 11.9. The lowest BCUT2D eigenvalue weighted by Crippen LogP contribution is -2.03. The lowest BCUT2D eigenvalue weighted by Gasteiger charge is -2.13. The number of benzene rings is 1. The standard InChI is InChI=1S/C14H17BrN4O2/c1-3-20-9-5-6-11(21-4-2)10(7-9)17-14-18-12(15)8-13(16)19-14/h5-8H,3-4H2,1-2H3,(H3,16,17,18,19). The average Bonchev–Trinajstić information content (AvgIpc) is 2.41. The van der Waals surface area contributed by atoms with Crippen LogP contribution in [0.3, 0.4) is 0 Å². The van der Waals surface area contributed by atoms with E-state index in [1.807, 2.05) is 32.0 Å². The summed E-state index contributed by atoms with van der Waals surface area (Å²) in [5.74, 6) is 2.20. The summed E-state index contributed by atoms with van der Waals surface area (Å²) in [5.41, 5.74) is 6.43. The van der Waals surface area contributed by atoms with Crippen molar-refractivity contribution in [2.45, 2.75) is 13.8 Å². The maximum absolute atomic E-state index is 5.71. The number of aromatic nitrogens is 2. The van der Waals surface area contributed by atoms with Crippen LogP contribution < -0.4 is 20.5 Å². The van der Waals surface area contributed by atoms with Gasteiger partial charge < -0.3 is 20.5 Å². The first kappa shape index (κ1) is 15.4. The van der Waals surface area contributed by atoms with Gasteiger partial charge in [0.25, 0.3) is 0 Å². The molecule has 6 nitrogen and oxygen atoms in total. The molecule has 1 heterocycles. The molecule has 0 unspecified atom stereocenters. The Kier molecular flexibility index (Phi) is 5.21. The Labute approximate surface area is 131 Å². The van der Waals surface area contributed by atoms with Crippen molar-refractivity contribution in [2.75, 3.05) is 24.3 Å². The first-order valence-electron chi connectivity index (χ1n) is 6.59. The molecule has 0 aliphatic heterocycles. The highest BCUT2D eigenvalue weighted by molar-refractivity contribution is 9.10. The molecule has 21 heavy (non-hydrogen) atoms. The first-order valence-corrected chi connectivity index (χ1v) is 7.38. The van der Waals surface area contributed by atoms with Crippen LogP contribution >= 0.6 is 15.9 Å². The van der Waals surface area contributed by atoms with Crippen molar-refractivity contribution in [1.29, 1.82) is 0 Å². The molecule has 112 valence electrons. The van der Waals surface area contributed by atoms with E-state index in [0.29, 0.717) is 35.3 Å². The number of rotatable bonds is 6. The van der Waals surface area contributed by atoms with Crippen LogP contribution in [0.15, 0.2) is 28.9 Å². The Morgan fingerprint density at radius 2 is 1.90 bits per heavy atom. The molecule has 0 aliphatic carbocycles. The Bertz CT molecular complexity index is 602. The van der Waals surface area contributed by atoms with Crippen LogP contribution in [0.5, 0.6) is 11.5 Å². The molecule has 1 aromatic carbocycles. The van der Waals surface area contributed by atoms with Gasteiger partial charge in [0.05, 0.1) is 18.9 Å². The maximum atomic E-state index is 5.71. The van der Waals surface area contributed by atoms with Crippen molar-refractivity contribution in [3.05, 3.63) is 28.9 Å². The molecular weight excluding hydrogens is 336 g/mol. The Morgan fingerprint density at radius 1 is 1.14 bits per heavy atom. The minimum absolute atomic E-state index is 0.373. The molecule has 3 N–H and O–H groups in total. The molecule has 0 atom stereocenters. The number of hydrogen-bond acceptors (Lipinski definition) is 6. The molecule has 0 spiro atoms. The van der Waals surface area contributed by atoms with E-state index in [1.165, 1.54) is 0 Å². The largest absolute Gasteiger partial charge is 0.494 e. The minimum Gasteiger partial charge on any atom is -0.494 e. The van der Waals surface area contributed by atoms with Crippen LogP contribution in [0.2, 0.25) is 0 Å². The highest BCUT2D eigenvalue weighted by Crippen LogP contribution is 2.31. The third kappa shape index (κ3) is 4.22. The van der Waals surface area contributed by atoms with Crippen molar-refractivity contribution in [2.24, 2.45) is 0 Å². The molecule has 0 bridgehead atoms. The lowest BCUT2D eigenvalue weighted by atomic mass is 10.2. The van der Waals surface area contributed by atoms with E-state index in [0.717, 1.165) is 11.4 Å². The number of nitrogens with zero attached hydrogens (tertiary/aromatic N) is 2. The summed E-state index contributed by atoms with van der Waals surface area (Å²) >= 11 is 3.29. The summed E-state index contributed by atoms with van der Waals surface area (Å²) in [5, 5.41) is 3.10. The number of hydrogen-bond donors (Lipinski definition) is 2. The molecule has 0 saturated carbocycles. The van der Waals surface area contributed by atoms with Crippen molar-refractivity contribution in [3.63, 3.8) is 0 Å². The van der Waals surface area contributed by atoms with Crippen LogP contribution in [0.4, 0.5) is 17.5 Å². The number of halogens is 1. The van der Waals surface area contributed by atoms with E-state index in [-0.39, 0.29) is 0 Å². The van der Waals surface area contributed by atoms with Crippen LogP contribution in [-0.4, -0.2) is 23.2 Å². The number of nitrogen functional groups attached to an aromatic ring is 1. The second-order valence-electron chi connectivity index (χ2n) is 4.09. The van der Waals surface area contributed by atoms with E-state index in [2.05, 4.69) is 31.2 Å². The molecule has 0 amide bonds. The number of anilines is 3. The Balaban J connectivity index is 2.32. The Morgan fingerprint density at radius 3 is 2.57 bits per heavy atom. The maximum Gasteiger partial charge on any atom is 0.230 e. The fraction of sp³-hybridized carbons (Fsp3) is 0.286. The summed E-state index contributed by atoms with van der Waals surface area (Å²) in [6, 6.07) is 7.17. The number of nitrogens with two attached hydrogens (primary N) is 1. The predicted molar refractivity (Wildman–Crippen MR) is 86.2 cm³/mol. The van der Waals surface area contributed by atoms with Gasteiger partial charge in [-0.2, -0.15) is 4.98 Å². The normalized spacial score (nSPS) is 10.2. The van der Waals surface area contributed by atoms with Crippen LogP contribution in [-0.2, 0) is 0 Å². The number of ether oxygens (including phenoxy) is 2.